The fourth-order valence-corrected chi connectivity index (χ4v) is 4.47. The molecular weight excluding hydrogens is 372 g/mol. The Labute approximate surface area is 183 Å². The molecule has 0 saturated carbocycles. The molecule has 3 rings (SSSR count). The van der Waals surface area contributed by atoms with Crippen LogP contribution >= 0.6 is 0 Å². The first-order valence-electron chi connectivity index (χ1n) is 12.2. The molecule has 30 heavy (non-hydrogen) atoms. The second-order valence-corrected chi connectivity index (χ2v) is 8.74. The van der Waals surface area contributed by atoms with E-state index in [1.165, 1.54) is 63.9 Å². The van der Waals surface area contributed by atoms with Gasteiger partial charge in [0, 0.05) is 45.0 Å². The van der Waals surface area contributed by atoms with Crippen LogP contribution in [0, 0.1) is 0 Å². The molecule has 2 N–H and O–H groups in total. The molecule has 6 nitrogen and oxygen atoms in total. The average Bonchev–Trinajstić information content (AvgIpc) is 2.79. The van der Waals surface area contributed by atoms with Crippen LogP contribution in [0.1, 0.15) is 64.0 Å². The Balaban J connectivity index is 1.30. The molecule has 0 bridgehead atoms. The molecule has 3 heterocycles. The molecule has 2 saturated heterocycles. The van der Waals surface area contributed by atoms with Crippen molar-refractivity contribution < 1.29 is 0 Å². The first-order chi connectivity index (χ1) is 14.8. The number of nitrogens with zero attached hydrogens (tertiary/aromatic N) is 4. The highest BCUT2D eigenvalue weighted by molar-refractivity contribution is 5.80. The molecule has 0 amide bonds. The lowest BCUT2D eigenvalue weighted by Gasteiger charge is -2.32. The normalized spacial score (nSPS) is 19.7. The molecule has 2 fully saturated rings. The van der Waals surface area contributed by atoms with Crippen LogP contribution in [0.25, 0.3) is 0 Å². The lowest BCUT2D eigenvalue weighted by atomic mass is 10.0. The minimum atomic E-state index is 0.516. The van der Waals surface area contributed by atoms with Gasteiger partial charge in [0.15, 0.2) is 5.96 Å². The fraction of sp³-hybridized carbons (Fsp3) is 0.750. The van der Waals surface area contributed by atoms with Crippen molar-refractivity contribution in [3.63, 3.8) is 0 Å². The van der Waals surface area contributed by atoms with E-state index in [-0.39, 0.29) is 0 Å². The van der Waals surface area contributed by atoms with E-state index < -0.39 is 0 Å². The van der Waals surface area contributed by atoms with E-state index in [1.807, 2.05) is 12.3 Å². The Bertz CT molecular complexity index is 591. The Kier molecular flexibility index (Phi) is 10.4. The summed E-state index contributed by atoms with van der Waals surface area (Å²) < 4.78 is 0. The topological polar surface area (TPSA) is 55.8 Å². The van der Waals surface area contributed by atoms with E-state index in [0.717, 1.165) is 51.5 Å². The number of hydrogen-bond acceptors (Lipinski definition) is 4. The molecule has 0 aliphatic carbocycles. The van der Waals surface area contributed by atoms with E-state index in [2.05, 4.69) is 44.5 Å². The summed E-state index contributed by atoms with van der Waals surface area (Å²) in [4.78, 5) is 14.4. The number of hydrogen-bond donors (Lipinski definition) is 2. The molecule has 0 atom stereocenters. The summed E-state index contributed by atoms with van der Waals surface area (Å²) in [5.74, 6) is 0.997. The third-order valence-electron chi connectivity index (χ3n) is 6.24. The second-order valence-electron chi connectivity index (χ2n) is 8.74. The van der Waals surface area contributed by atoms with Crippen molar-refractivity contribution in [1.82, 2.24) is 25.4 Å². The zero-order valence-corrected chi connectivity index (χ0v) is 19.0. The summed E-state index contributed by atoms with van der Waals surface area (Å²) in [6.45, 7) is 11.1. The summed E-state index contributed by atoms with van der Waals surface area (Å²) in [6.07, 6.45) is 12.2. The number of unbranched alkanes of at least 4 members (excludes halogenated alkanes) is 2. The number of aliphatic imine (C=N–C) groups is 1. The molecule has 2 aliphatic rings. The predicted octanol–water partition coefficient (Wildman–Crippen LogP) is 3.26. The van der Waals surface area contributed by atoms with Crippen molar-refractivity contribution in [2.75, 3.05) is 45.8 Å². The van der Waals surface area contributed by atoms with Gasteiger partial charge in [0.05, 0.1) is 5.69 Å². The zero-order chi connectivity index (χ0) is 20.9. The van der Waals surface area contributed by atoms with Crippen molar-refractivity contribution in [3.8, 4) is 0 Å². The minimum absolute atomic E-state index is 0.516. The monoisotopic (exact) mass is 414 g/mol. The Morgan fingerprint density at radius 1 is 1.03 bits per heavy atom. The van der Waals surface area contributed by atoms with E-state index in [9.17, 15) is 0 Å². The van der Waals surface area contributed by atoms with Crippen molar-refractivity contribution in [2.45, 2.75) is 70.9 Å². The van der Waals surface area contributed by atoms with Crippen molar-refractivity contribution in [3.05, 3.63) is 30.1 Å². The van der Waals surface area contributed by atoms with Gasteiger partial charge in [-0.05, 0) is 77.2 Å². The lowest BCUT2D eigenvalue weighted by Crippen LogP contribution is -2.48. The number of aromatic nitrogens is 1. The van der Waals surface area contributed by atoms with Crippen LogP contribution in [0.15, 0.2) is 29.4 Å². The summed E-state index contributed by atoms with van der Waals surface area (Å²) in [7, 11) is 0. The third-order valence-corrected chi connectivity index (χ3v) is 6.24. The van der Waals surface area contributed by atoms with E-state index >= 15 is 0 Å². The van der Waals surface area contributed by atoms with E-state index in [4.69, 9.17) is 4.99 Å². The molecule has 0 spiro atoms. The Morgan fingerprint density at radius 2 is 1.87 bits per heavy atom. The van der Waals surface area contributed by atoms with Crippen LogP contribution in [0.5, 0.6) is 0 Å². The van der Waals surface area contributed by atoms with Gasteiger partial charge in [-0.15, -0.1) is 0 Å². The third kappa shape index (κ3) is 8.60. The van der Waals surface area contributed by atoms with Crippen molar-refractivity contribution in [2.24, 2.45) is 4.99 Å². The lowest BCUT2D eigenvalue weighted by molar-refractivity contribution is 0.196. The summed E-state index contributed by atoms with van der Waals surface area (Å²) >= 11 is 0. The van der Waals surface area contributed by atoms with Gasteiger partial charge in [-0.3, -0.25) is 14.9 Å². The maximum atomic E-state index is 4.84. The highest BCUT2D eigenvalue weighted by Gasteiger charge is 2.20. The van der Waals surface area contributed by atoms with E-state index in [0.29, 0.717) is 6.04 Å². The number of rotatable bonds is 10. The highest BCUT2D eigenvalue weighted by Crippen LogP contribution is 2.13. The van der Waals surface area contributed by atoms with Gasteiger partial charge in [0.25, 0.3) is 0 Å². The molecule has 0 unspecified atom stereocenters. The van der Waals surface area contributed by atoms with Gasteiger partial charge in [-0.2, -0.15) is 0 Å². The molecule has 0 aromatic carbocycles. The SMILES string of the molecule is CCNC(=NCCCCCN1CCCCC1)NC1CCN(Cc2ccccn2)CC1. The number of guanidine groups is 1. The number of pyridine rings is 1. The average molecular weight is 415 g/mol. The Hall–Kier alpha value is -1.66. The van der Waals surface area contributed by atoms with E-state index in [1.54, 1.807) is 0 Å². The summed E-state index contributed by atoms with van der Waals surface area (Å²) in [5.41, 5.74) is 1.17. The van der Waals surface area contributed by atoms with Gasteiger partial charge in [-0.25, -0.2) is 0 Å². The smallest absolute Gasteiger partial charge is 0.191 e. The number of likely N-dealkylation sites (tertiary alicyclic amines) is 2. The van der Waals surface area contributed by atoms with Crippen LogP contribution in [-0.2, 0) is 6.54 Å². The Morgan fingerprint density at radius 3 is 2.60 bits per heavy atom. The molecule has 168 valence electrons. The van der Waals surface area contributed by atoms with Gasteiger partial charge in [0.2, 0.25) is 0 Å². The van der Waals surface area contributed by atoms with Gasteiger partial charge in [-0.1, -0.05) is 18.9 Å². The standard InChI is InChI=1S/C24H42N6/c1-2-25-24(27-15-6-3-8-16-29-17-9-4-10-18-29)28-22-12-19-30(20-13-22)21-23-11-5-7-14-26-23/h5,7,11,14,22H,2-4,6,8-10,12-13,15-21H2,1H3,(H2,25,27,28). The van der Waals surface area contributed by atoms with Crippen LogP contribution in [0.2, 0.25) is 0 Å². The summed E-state index contributed by atoms with van der Waals surface area (Å²) in [5, 5.41) is 7.10. The fourth-order valence-electron chi connectivity index (χ4n) is 4.47. The van der Waals surface area contributed by atoms with Crippen molar-refractivity contribution >= 4 is 5.96 Å². The van der Waals surface area contributed by atoms with Gasteiger partial charge in [0.1, 0.15) is 0 Å². The van der Waals surface area contributed by atoms with Gasteiger partial charge < -0.3 is 15.5 Å². The second kappa shape index (κ2) is 13.6. The van der Waals surface area contributed by atoms with Crippen LogP contribution in [0.3, 0.4) is 0 Å². The minimum Gasteiger partial charge on any atom is -0.357 e. The maximum Gasteiger partial charge on any atom is 0.191 e. The van der Waals surface area contributed by atoms with Crippen molar-refractivity contribution in [1.29, 1.82) is 0 Å². The molecule has 1 aromatic heterocycles. The first kappa shape index (κ1) is 23.0. The quantitative estimate of drug-likeness (QED) is 0.350. The molecule has 1 aromatic rings. The van der Waals surface area contributed by atoms with Crippen LogP contribution in [-0.4, -0.2) is 72.6 Å². The van der Waals surface area contributed by atoms with Gasteiger partial charge >= 0.3 is 0 Å². The highest BCUT2D eigenvalue weighted by atomic mass is 15.2. The summed E-state index contributed by atoms with van der Waals surface area (Å²) in [6, 6.07) is 6.69. The first-order valence-corrected chi connectivity index (χ1v) is 12.2. The number of piperidine rings is 2. The van der Waals surface area contributed by atoms with Crippen LogP contribution in [0.4, 0.5) is 0 Å². The molecular formula is C24H42N6. The molecule has 0 radical (unpaired) electrons. The molecule has 6 heteroatoms. The molecule has 2 aliphatic heterocycles. The predicted molar refractivity (Wildman–Crippen MR) is 126 cm³/mol. The maximum absolute atomic E-state index is 4.84. The van der Waals surface area contributed by atoms with Crippen LogP contribution < -0.4 is 10.6 Å². The number of nitrogens with one attached hydrogen (secondary N) is 2. The largest absolute Gasteiger partial charge is 0.357 e. The zero-order valence-electron chi connectivity index (χ0n) is 19.0.